The molecule has 11 nitrogen and oxygen atoms in total. The third kappa shape index (κ3) is 13.0. The van der Waals surface area contributed by atoms with Gasteiger partial charge in [0, 0.05) is 130 Å². The number of para-hydroxylation sites is 8. The van der Waals surface area contributed by atoms with Gasteiger partial charge in [0.1, 0.15) is 5.58 Å². The summed E-state index contributed by atoms with van der Waals surface area (Å²) in [5.41, 5.74) is 25.8. The number of nitrogens with zero attached hydrogens (tertiary/aromatic N) is 10. The van der Waals surface area contributed by atoms with Crippen LogP contribution in [0.3, 0.4) is 0 Å². The monoisotopic (exact) mass is 1880 g/mol. The number of furan rings is 1. The molecule has 0 bridgehead atoms. The minimum Gasteiger partial charge on any atom is -0.453 e. The molecule has 0 N–H and O–H groups in total. The summed E-state index contributed by atoms with van der Waals surface area (Å²) in [6, 6.07) is 169. The van der Waals surface area contributed by atoms with E-state index in [1.165, 1.54) is 171 Å². The van der Waals surface area contributed by atoms with Crippen molar-refractivity contribution in [2.24, 2.45) is 0 Å². The average Bonchev–Trinajstić information content (AvgIpc) is 1.57. The molecule has 0 radical (unpaired) electrons. The van der Waals surface area contributed by atoms with Crippen molar-refractivity contribution in [2.75, 3.05) is 0 Å². The van der Waals surface area contributed by atoms with E-state index in [-0.39, 0.29) is 0 Å². The molecule has 0 saturated carbocycles. The molecular weight excluding hydrogens is 1810 g/mol. The Morgan fingerprint density at radius 3 is 0.931 bits per heavy atom. The fraction of sp³-hybridized carbons (Fsp3) is 0. The van der Waals surface area contributed by atoms with Gasteiger partial charge in [-0.2, -0.15) is 0 Å². The van der Waals surface area contributed by atoms with Gasteiger partial charge < -0.3 is 22.7 Å². The van der Waals surface area contributed by atoms with Gasteiger partial charge in [-0.1, -0.05) is 370 Å². The molecule has 0 atom stereocenters. The number of rotatable bonds is 12. The molecule has 0 aliphatic rings. The molecule has 674 valence electrons. The molecule has 145 heavy (non-hydrogen) atoms. The van der Waals surface area contributed by atoms with Gasteiger partial charge in [0.05, 0.1) is 64.8 Å². The van der Waals surface area contributed by atoms with Crippen molar-refractivity contribution in [3.63, 3.8) is 0 Å². The first-order valence-corrected chi connectivity index (χ1v) is 50.6. The lowest BCUT2D eigenvalue weighted by Crippen LogP contribution is -2.00. The molecule has 0 spiro atoms. The van der Waals surface area contributed by atoms with Gasteiger partial charge in [0.25, 0.3) is 0 Å². The van der Waals surface area contributed by atoms with Crippen molar-refractivity contribution < 1.29 is 4.42 Å². The van der Waals surface area contributed by atoms with Crippen LogP contribution in [0.1, 0.15) is 0 Å². The SMILES string of the molecule is c1ccc(-c2nc(-c3ccccc3)nc(-c3ccc4c5ccc(-n6c7ccccc7c7cc(-c8cccc9c8sc8c9ccc9c%10ccccc%10n(-c%10ccccc%10)c98)ccc76)cc5c5ccccc5c4c3)n2)cc1.c1ccc(-c2nc(-c3ccccc3)nc(-c3cccc4c3oc3c(-n5c6ccccc6c6cc(-c7cccc8c7sc7c8ccc8c9ccccc9n(-c9ccccc9)c87)ccc65)cccc34)n2)cc1. The van der Waals surface area contributed by atoms with Crippen LogP contribution in [-0.2, 0) is 0 Å². The molecule has 0 unspecified atom stereocenters. The lowest BCUT2D eigenvalue weighted by Gasteiger charge is -2.15. The zero-order valence-corrected chi connectivity index (χ0v) is 79.4. The van der Waals surface area contributed by atoms with Crippen molar-refractivity contribution in [3.05, 3.63) is 473 Å². The second-order valence-electron chi connectivity index (χ2n) is 37.3. The number of fused-ring (bicyclic) bond motifs is 29. The molecule has 31 aromatic rings. The Balaban J connectivity index is 0.000000135. The van der Waals surface area contributed by atoms with Gasteiger partial charge in [-0.15, -0.1) is 22.7 Å². The summed E-state index contributed by atoms with van der Waals surface area (Å²) in [6.07, 6.45) is 0. The van der Waals surface area contributed by atoms with E-state index in [1.54, 1.807) is 0 Å². The first-order chi connectivity index (χ1) is 71.9. The van der Waals surface area contributed by atoms with E-state index >= 15 is 0 Å². The highest BCUT2D eigenvalue weighted by Crippen LogP contribution is 2.52. The van der Waals surface area contributed by atoms with Gasteiger partial charge in [-0.3, -0.25) is 0 Å². The van der Waals surface area contributed by atoms with Gasteiger partial charge in [0.15, 0.2) is 40.5 Å². The van der Waals surface area contributed by atoms with Crippen LogP contribution < -0.4 is 0 Å². The molecule has 0 amide bonds. The number of hydrogen-bond donors (Lipinski definition) is 0. The topological polar surface area (TPSA) is 110 Å². The highest BCUT2D eigenvalue weighted by molar-refractivity contribution is 7.27. The first kappa shape index (κ1) is 82.0. The number of aromatic nitrogens is 10. The van der Waals surface area contributed by atoms with Crippen molar-refractivity contribution in [1.82, 2.24) is 48.2 Å². The molecule has 31 rings (SSSR count). The van der Waals surface area contributed by atoms with E-state index in [9.17, 15) is 0 Å². The summed E-state index contributed by atoms with van der Waals surface area (Å²) in [5.74, 6) is 3.71. The fourth-order valence-corrected chi connectivity index (χ4v) is 25.6. The van der Waals surface area contributed by atoms with Crippen LogP contribution in [0.4, 0.5) is 0 Å². The standard InChI is InChI=1S/C69H41N5S.C63H37N5OS/c1-4-17-42(18-5-1)67-70-68(43-19-6-2-7-20-43)72-69(71-67)45-31-34-51-52-35-33-47(41-59(52)50-24-11-10-23-49(50)58(51)40-45)73-61-29-14-13-26-54(61)60-39-44(32-38-63(60)73)48-27-16-28-56-57-37-36-55-53-25-12-15-30-62(53)74(46-21-8-3-9-22-46)64(55)66(57)75-65(48)56;1-4-17-38(18-5-1)61-64-62(39-19-6-2-7-20-39)66-63(65-61)50-29-15-26-46-47-27-16-32-55(58(47)69-57(46)50)68-53-31-13-11-24-44(53)51-37-40(33-36-54(51)68)42-25-14-28-48-49-35-34-45-43-23-10-12-30-52(43)67(41-21-8-3-9-22-41)56(45)60(49)70-59(42)48/h1-41H;1-37H. The van der Waals surface area contributed by atoms with E-state index in [2.05, 4.69) is 388 Å². The average molecular weight is 1880 g/mol. The summed E-state index contributed by atoms with van der Waals surface area (Å²) in [4.78, 5) is 30.3. The van der Waals surface area contributed by atoms with Crippen molar-refractivity contribution in [2.45, 2.75) is 0 Å². The zero-order chi connectivity index (χ0) is 95.0. The third-order valence-electron chi connectivity index (χ3n) is 29.3. The maximum atomic E-state index is 7.12. The lowest BCUT2D eigenvalue weighted by molar-refractivity contribution is 0.667. The number of thiophene rings is 2. The first-order valence-electron chi connectivity index (χ1n) is 48.9. The number of benzene rings is 22. The molecule has 9 heterocycles. The molecule has 0 fully saturated rings. The van der Waals surface area contributed by atoms with Gasteiger partial charge in [-0.05, 0) is 158 Å². The Morgan fingerprint density at radius 2 is 0.462 bits per heavy atom. The van der Waals surface area contributed by atoms with Gasteiger partial charge in [0.2, 0.25) is 0 Å². The highest BCUT2D eigenvalue weighted by Gasteiger charge is 2.28. The number of hydrogen-bond acceptors (Lipinski definition) is 9. The normalized spacial score (nSPS) is 12.0. The van der Waals surface area contributed by atoms with E-state index in [0.717, 1.165) is 88.8 Å². The lowest BCUT2D eigenvalue weighted by atomic mass is 9.93. The summed E-state index contributed by atoms with van der Waals surface area (Å²) < 4.78 is 22.0. The Kier molecular flexibility index (Phi) is 18.6. The summed E-state index contributed by atoms with van der Waals surface area (Å²) in [7, 11) is 0. The highest BCUT2D eigenvalue weighted by atomic mass is 32.1. The third-order valence-corrected chi connectivity index (χ3v) is 31.8. The second kappa shape index (κ2) is 32.9. The van der Waals surface area contributed by atoms with Crippen LogP contribution in [0.15, 0.2) is 478 Å². The molecule has 13 heteroatoms. The predicted molar refractivity (Wildman–Crippen MR) is 606 cm³/mol. The summed E-state index contributed by atoms with van der Waals surface area (Å²) in [5, 5.41) is 24.2. The van der Waals surface area contributed by atoms with E-state index in [0.29, 0.717) is 34.9 Å². The van der Waals surface area contributed by atoms with Crippen LogP contribution >= 0.6 is 22.7 Å². The Labute approximate surface area is 837 Å². The molecular formula is C132H78N10OS2. The fourth-order valence-electron chi connectivity index (χ4n) is 22.8. The van der Waals surface area contributed by atoms with E-state index in [1.807, 2.05) is 126 Å². The summed E-state index contributed by atoms with van der Waals surface area (Å²) >= 11 is 3.81. The molecule has 22 aromatic carbocycles. The van der Waals surface area contributed by atoms with E-state index in [4.69, 9.17) is 34.3 Å². The van der Waals surface area contributed by atoms with Crippen LogP contribution in [0.25, 0.3) is 295 Å². The van der Waals surface area contributed by atoms with Crippen molar-refractivity contribution in [3.8, 4) is 113 Å². The van der Waals surface area contributed by atoms with Crippen LogP contribution in [-0.4, -0.2) is 48.2 Å². The Hall–Kier alpha value is -18.9. The minimum absolute atomic E-state index is 0.556. The Bertz CT molecular complexity index is 10700. The predicted octanol–water partition coefficient (Wildman–Crippen LogP) is 35.6. The maximum Gasteiger partial charge on any atom is 0.167 e. The van der Waals surface area contributed by atoms with Crippen molar-refractivity contribution >= 4 is 204 Å². The maximum absolute atomic E-state index is 7.12. The smallest absolute Gasteiger partial charge is 0.167 e. The Morgan fingerprint density at radius 1 is 0.159 bits per heavy atom. The largest absolute Gasteiger partial charge is 0.453 e. The van der Waals surface area contributed by atoms with Crippen molar-refractivity contribution in [1.29, 1.82) is 0 Å². The molecule has 0 aliphatic heterocycles. The molecule has 9 aromatic heterocycles. The van der Waals surface area contributed by atoms with Crippen LogP contribution in [0, 0.1) is 0 Å². The zero-order valence-electron chi connectivity index (χ0n) is 77.7. The van der Waals surface area contributed by atoms with E-state index < -0.39 is 0 Å². The van der Waals surface area contributed by atoms with Crippen LogP contribution in [0.5, 0.6) is 0 Å². The van der Waals surface area contributed by atoms with Gasteiger partial charge in [-0.25, -0.2) is 29.9 Å². The van der Waals surface area contributed by atoms with Gasteiger partial charge >= 0.3 is 0 Å². The minimum atomic E-state index is 0.556. The van der Waals surface area contributed by atoms with Crippen LogP contribution in [0.2, 0.25) is 0 Å². The molecule has 0 saturated heterocycles. The second-order valence-corrected chi connectivity index (χ2v) is 39.4. The summed E-state index contributed by atoms with van der Waals surface area (Å²) in [6.45, 7) is 0. The quantitative estimate of drug-likeness (QED) is 0.112. The molecule has 0 aliphatic carbocycles.